The first-order valence-electron chi connectivity index (χ1n) is 6.63. The van der Waals surface area contributed by atoms with Crippen molar-refractivity contribution in [1.29, 1.82) is 0 Å². The van der Waals surface area contributed by atoms with E-state index in [1.165, 1.54) is 6.07 Å². The zero-order chi connectivity index (χ0) is 17.1. The van der Waals surface area contributed by atoms with Crippen molar-refractivity contribution in [3.8, 4) is 5.75 Å². The molecule has 0 aliphatic rings. The van der Waals surface area contributed by atoms with E-state index in [1.807, 2.05) is 0 Å². The van der Waals surface area contributed by atoms with E-state index in [0.29, 0.717) is 0 Å². The number of methoxy groups -OCH3 is 1. The summed E-state index contributed by atoms with van der Waals surface area (Å²) in [5.41, 5.74) is -0.700. The van der Waals surface area contributed by atoms with Gasteiger partial charge in [0.1, 0.15) is 17.2 Å². The highest BCUT2D eigenvalue weighted by Gasteiger charge is 2.43. The minimum Gasteiger partial charge on any atom is -0.488 e. The molecule has 0 saturated heterocycles. The molecule has 1 atom stereocenters. The highest BCUT2D eigenvalue weighted by molar-refractivity contribution is 5.36. The van der Waals surface area contributed by atoms with E-state index in [9.17, 15) is 22.0 Å². The number of halogens is 5. The third-order valence-corrected chi connectivity index (χ3v) is 2.80. The molecule has 0 fully saturated rings. The zero-order valence-corrected chi connectivity index (χ0v) is 12.8. The van der Waals surface area contributed by atoms with Crippen molar-refractivity contribution >= 4 is 0 Å². The van der Waals surface area contributed by atoms with E-state index in [2.05, 4.69) is 0 Å². The highest BCUT2D eigenvalue weighted by atomic mass is 19.3. The lowest BCUT2D eigenvalue weighted by atomic mass is 10.0. The summed E-state index contributed by atoms with van der Waals surface area (Å²) in [6.07, 6.45) is -6.52. The molecule has 22 heavy (non-hydrogen) atoms. The van der Waals surface area contributed by atoms with E-state index in [-0.39, 0.29) is 11.3 Å². The van der Waals surface area contributed by atoms with E-state index < -0.39 is 36.3 Å². The number of hydrogen-bond donors (Lipinski definition) is 0. The number of benzene rings is 1. The summed E-state index contributed by atoms with van der Waals surface area (Å²) in [7, 11) is 1.10. The minimum absolute atomic E-state index is 0.0299. The largest absolute Gasteiger partial charge is 0.488 e. The van der Waals surface area contributed by atoms with E-state index in [4.69, 9.17) is 9.47 Å². The summed E-state index contributed by atoms with van der Waals surface area (Å²) in [5.74, 6) is -4.82. The van der Waals surface area contributed by atoms with Gasteiger partial charge in [0.25, 0.3) is 0 Å². The fraction of sp³-hybridized carbons (Fsp3) is 0.600. The Morgan fingerprint density at radius 2 is 1.73 bits per heavy atom. The van der Waals surface area contributed by atoms with Gasteiger partial charge in [0.15, 0.2) is 0 Å². The second kappa shape index (κ2) is 6.81. The van der Waals surface area contributed by atoms with Crippen molar-refractivity contribution in [3.05, 3.63) is 29.6 Å². The topological polar surface area (TPSA) is 18.5 Å². The fourth-order valence-electron chi connectivity index (χ4n) is 1.85. The molecule has 2 nitrogen and oxygen atoms in total. The van der Waals surface area contributed by atoms with Gasteiger partial charge in [-0.1, -0.05) is 0 Å². The molecule has 1 aromatic rings. The number of rotatable bonds is 6. The highest BCUT2D eigenvalue weighted by Crippen LogP contribution is 2.39. The molecule has 0 aliphatic heterocycles. The summed E-state index contributed by atoms with van der Waals surface area (Å²) in [6, 6.07) is 3.32. The van der Waals surface area contributed by atoms with Gasteiger partial charge in [0.05, 0.1) is 6.10 Å². The van der Waals surface area contributed by atoms with Gasteiger partial charge in [-0.3, -0.25) is 0 Å². The number of ether oxygens (including phenoxy) is 2. The van der Waals surface area contributed by atoms with Gasteiger partial charge in [0.2, 0.25) is 0 Å². The first-order valence-corrected chi connectivity index (χ1v) is 6.63. The van der Waals surface area contributed by atoms with Crippen molar-refractivity contribution < 1.29 is 31.4 Å². The average Bonchev–Trinajstić information content (AvgIpc) is 2.36. The van der Waals surface area contributed by atoms with Crippen LogP contribution in [0.25, 0.3) is 0 Å². The van der Waals surface area contributed by atoms with Crippen molar-refractivity contribution in [1.82, 2.24) is 0 Å². The van der Waals surface area contributed by atoms with Gasteiger partial charge in [-0.25, -0.2) is 22.0 Å². The van der Waals surface area contributed by atoms with Crippen LogP contribution in [0.2, 0.25) is 0 Å². The molecular formula is C15H19F5O2. The Labute approximate surface area is 126 Å². The second-order valence-corrected chi connectivity index (χ2v) is 5.89. The van der Waals surface area contributed by atoms with Crippen molar-refractivity contribution in [3.63, 3.8) is 0 Å². The second-order valence-electron chi connectivity index (χ2n) is 5.89. The molecule has 0 amide bonds. The lowest BCUT2D eigenvalue weighted by molar-refractivity contribution is -0.152. The molecule has 126 valence electrons. The number of hydrogen-bond acceptors (Lipinski definition) is 2. The Balaban J connectivity index is 3.17. The van der Waals surface area contributed by atoms with Crippen LogP contribution in [-0.2, 0) is 4.74 Å². The summed E-state index contributed by atoms with van der Waals surface area (Å²) in [4.78, 5) is 0. The summed E-state index contributed by atoms with van der Waals surface area (Å²) < 4.78 is 75.1. The normalized spacial score (nSPS) is 14.3. The Morgan fingerprint density at radius 1 is 1.14 bits per heavy atom. The molecular weight excluding hydrogens is 307 g/mol. The number of alkyl halides is 4. The first kappa shape index (κ1) is 18.7. The molecule has 0 aromatic heterocycles. The standard InChI is InChI=1S/C15H19F5O2/c1-14(2,3)22-11-6-5-9(16)7-10(11)12(21-4)8-15(19,20)13(17)18/h5-7,12-13H,8H2,1-4H3. The Morgan fingerprint density at radius 3 is 2.18 bits per heavy atom. The fourth-order valence-corrected chi connectivity index (χ4v) is 1.85. The molecule has 0 saturated carbocycles. The molecule has 0 radical (unpaired) electrons. The van der Waals surface area contributed by atoms with E-state index in [1.54, 1.807) is 20.8 Å². The molecule has 0 spiro atoms. The van der Waals surface area contributed by atoms with Crippen LogP contribution in [0.5, 0.6) is 5.75 Å². The van der Waals surface area contributed by atoms with Crippen molar-refractivity contribution in [2.24, 2.45) is 0 Å². The minimum atomic E-state index is -4.24. The van der Waals surface area contributed by atoms with Crippen LogP contribution in [0.3, 0.4) is 0 Å². The van der Waals surface area contributed by atoms with Gasteiger partial charge in [-0.2, -0.15) is 0 Å². The smallest absolute Gasteiger partial charge is 0.310 e. The Bertz CT molecular complexity index is 497. The zero-order valence-electron chi connectivity index (χ0n) is 12.8. The summed E-state index contributed by atoms with van der Waals surface area (Å²) in [5, 5.41) is 0. The average molecular weight is 326 g/mol. The lowest BCUT2D eigenvalue weighted by Gasteiger charge is -2.27. The maximum absolute atomic E-state index is 13.4. The van der Waals surface area contributed by atoms with Gasteiger partial charge in [0, 0.05) is 19.1 Å². The molecule has 0 N–H and O–H groups in total. The lowest BCUT2D eigenvalue weighted by Crippen LogP contribution is -2.30. The molecule has 7 heteroatoms. The van der Waals surface area contributed by atoms with Gasteiger partial charge in [-0.15, -0.1) is 0 Å². The predicted octanol–water partition coefficient (Wildman–Crippen LogP) is 4.98. The van der Waals surface area contributed by atoms with Crippen LogP contribution in [0.1, 0.15) is 38.9 Å². The molecule has 0 aliphatic carbocycles. The summed E-state index contributed by atoms with van der Waals surface area (Å²) in [6.45, 7) is 5.15. The van der Waals surface area contributed by atoms with Gasteiger partial charge in [-0.05, 0) is 39.0 Å². The summed E-state index contributed by atoms with van der Waals surface area (Å²) >= 11 is 0. The van der Waals surface area contributed by atoms with Crippen molar-refractivity contribution in [2.45, 2.75) is 51.2 Å². The van der Waals surface area contributed by atoms with Crippen LogP contribution in [0.4, 0.5) is 22.0 Å². The Hall–Kier alpha value is -1.37. The molecule has 1 unspecified atom stereocenters. The predicted molar refractivity (Wildman–Crippen MR) is 72.1 cm³/mol. The van der Waals surface area contributed by atoms with E-state index in [0.717, 1.165) is 19.2 Å². The van der Waals surface area contributed by atoms with Gasteiger partial charge >= 0.3 is 12.3 Å². The monoisotopic (exact) mass is 326 g/mol. The van der Waals surface area contributed by atoms with Crippen LogP contribution < -0.4 is 4.74 Å². The molecule has 0 heterocycles. The van der Waals surface area contributed by atoms with Crippen molar-refractivity contribution in [2.75, 3.05) is 7.11 Å². The maximum Gasteiger partial charge on any atom is 0.310 e. The van der Waals surface area contributed by atoms with Crippen LogP contribution >= 0.6 is 0 Å². The molecule has 1 rings (SSSR count). The first-order chi connectivity index (χ1) is 9.96. The van der Waals surface area contributed by atoms with Crippen LogP contribution in [0.15, 0.2) is 18.2 Å². The van der Waals surface area contributed by atoms with E-state index >= 15 is 0 Å². The molecule has 0 bridgehead atoms. The third kappa shape index (κ3) is 5.12. The quantitative estimate of drug-likeness (QED) is 0.686. The molecule has 1 aromatic carbocycles. The maximum atomic E-state index is 13.4. The van der Waals surface area contributed by atoms with Gasteiger partial charge < -0.3 is 9.47 Å². The van der Waals surface area contributed by atoms with Crippen LogP contribution in [0, 0.1) is 5.82 Å². The Kier molecular flexibility index (Phi) is 5.78. The SMILES string of the molecule is COC(CC(F)(F)C(F)F)c1cc(F)ccc1OC(C)(C)C. The third-order valence-electron chi connectivity index (χ3n) is 2.80. The van der Waals surface area contributed by atoms with Crippen LogP contribution in [-0.4, -0.2) is 25.1 Å².